The molecule has 0 radical (unpaired) electrons. The van der Waals surface area contributed by atoms with Gasteiger partial charge >= 0.3 is 6.18 Å². The first-order valence-electron chi connectivity index (χ1n) is 10.4. The first kappa shape index (κ1) is 26.1. The second-order valence-corrected chi connectivity index (χ2v) is 7.53. The first-order valence-corrected chi connectivity index (χ1v) is 10.4. The van der Waals surface area contributed by atoms with Crippen LogP contribution < -0.4 is 10.1 Å². The van der Waals surface area contributed by atoms with Crippen LogP contribution >= 0.6 is 0 Å². The second kappa shape index (κ2) is 11.3. The molecule has 0 bridgehead atoms. The van der Waals surface area contributed by atoms with Crippen LogP contribution in [-0.2, 0) is 6.18 Å². The van der Waals surface area contributed by atoms with Crippen molar-refractivity contribution in [2.24, 2.45) is 0 Å². The van der Waals surface area contributed by atoms with Crippen molar-refractivity contribution in [2.75, 3.05) is 19.8 Å². The number of aliphatic hydroxyl groups excluding tert-OH is 4. The number of hydrogen-bond acceptors (Lipinski definition) is 7. The number of pyridine rings is 1. The lowest BCUT2D eigenvalue weighted by molar-refractivity contribution is -0.137. The number of halogens is 3. The molecule has 3 aromatic rings. The zero-order valence-corrected chi connectivity index (χ0v) is 18.2. The Balaban J connectivity index is 1.85. The van der Waals surface area contributed by atoms with Gasteiger partial charge in [-0.1, -0.05) is 6.07 Å². The predicted molar refractivity (Wildman–Crippen MR) is 119 cm³/mol. The quantitative estimate of drug-likeness (QED) is 0.310. The highest BCUT2D eigenvalue weighted by molar-refractivity contribution is 5.97. The van der Waals surface area contributed by atoms with E-state index in [0.717, 1.165) is 12.1 Å². The lowest BCUT2D eigenvalue weighted by atomic mass is 10.1. The van der Waals surface area contributed by atoms with Crippen molar-refractivity contribution >= 4 is 5.91 Å². The number of nitrogens with zero attached hydrogens (tertiary/aromatic N) is 1. The minimum Gasteiger partial charge on any atom is -0.457 e. The fourth-order valence-electron chi connectivity index (χ4n) is 3.06. The summed E-state index contributed by atoms with van der Waals surface area (Å²) < 4.78 is 45.2. The van der Waals surface area contributed by atoms with Crippen LogP contribution in [-0.4, -0.2) is 57.2 Å². The molecule has 5 N–H and O–H groups in total. The molecule has 0 saturated heterocycles. The van der Waals surface area contributed by atoms with Crippen LogP contribution in [0.15, 0.2) is 60.7 Å². The third-order valence-electron chi connectivity index (χ3n) is 4.92. The Hall–Kier alpha value is -3.51. The lowest BCUT2D eigenvalue weighted by Crippen LogP contribution is -2.34. The molecule has 0 fully saturated rings. The van der Waals surface area contributed by atoms with Crippen LogP contribution in [0.2, 0.25) is 0 Å². The van der Waals surface area contributed by atoms with Crippen LogP contribution in [0.3, 0.4) is 0 Å². The van der Waals surface area contributed by atoms with E-state index in [4.69, 9.17) is 14.9 Å². The van der Waals surface area contributed by atoms with Gasteiger partial charge in [-0.2, -0.15) is 13.2 Å². The smallest absolute Gasteiger partial charge is 0.416 e. The number of aliphatic hydroxyl groups is 4. The van der Waals surface area contributed by atoms with Crippen LogP contribution in [0.1, 0.15) is 27.7 Å². The highest BCUT2D eigenvalue weighted by Crippen LogP contribution is 2.34. The summed E-state index contributed by atoms with van der Waals surface area (Å²) in [6.07, 6.45) is -7.09. The van der Waals surface area contributed by atoms with Gasteiger partial charge in [-0.15, -0.1) is 0 Å². The Morgan fingerprint density at radius 3 is 2.34 bits per heavy atom. The Kier molecular flexibility index (Phi) is 8.41. The standard InChI is InChI=1S/C24H23F3N2O6/c25-24(26,27)15-6-9-22(18(10-15)23(34)28-11-16(32)12-30)35-17-7-4-14(5-8-17)19-2-1-3-20(29-19)21(33)13-31/h1-10,16,21,30-33H,11-13H2,(H,28,34)/t16?,21-/m1/s1. The maximum atomic E-state index is 13.2. The summed E-state index contributed by atoms with van der Waals surface area (Å²) in [4.78, 5) is 16.8. The summed E-state index contributed by atoms with van der Waals surface area (Å²) >= 11 is 0. The van der Waals surface area contributed by atoms with E-state index in [1.807, 2.05) is 0 Å². The molecule has 11 heteroatoms. The minimum absolute atomic E-state index is 0.145. The molecular formula is C24H23F3N2O6. The summed E-state index contributed by atoms with van der Waals surface area (Å²) in [5.41, 5.74) is -0.00571. The summed E-state index contributed by atoms with van der Waals surface area (Å²) in [5.74, 6) is -0.837. The average Bonchev–Trinajstić information content (AvgIpc) is 2.86. The molecular weight excluding hydrogens is 469 g/mol. The second-order valence-electron chi connectivity index (χ2n) is 7.53. The van der Waals surface area contributed by atoms with E-state index in [2.05, 4.69) is 10.3 Å². The molecule has 1 heterocycles. The minimum atomic E-state index is -4.69. The fraction of sp³-hybridized carbons (Fsp3) is 0.250. The lowest BCUT2D eigenvalue weighted by Gasteiger charge is -2.15. The molecule has 3 rings (SSSR count). The van der Waals surface area contributed by atoms with Crippen molar-refractivity contribution in [3.05, 3.63) is 77.5 Å². The molecule has 2 aromatic carbocycles. The monoisotopic (exact) mass is 492 g/mol. The Morgan fingerprint density at radius 1 is 1.00 bits per heavy atom. The van der Waals surface area contributed by atoms with Gasteiger partial charge in [0.25, 0.3) is 5.91 Å². The molecule has 1 unspecified atom stereocenters. The fourth-order valence-corrected chi connectivity index (χ4v) is 3.06. The van der Waals surface area contributed by atoms with Crippen molar-refractivity contribution in [1.82, 2.24) is 10.3 Å². The number of carbonyl (C=O) groups is 1. The van der Waals surface area contributed by atoms with Gasteiger partial charge in [0.2, 0.25) is 0 Å². The molecule has 0 aliphatic carbocycles. The largest absolute Gasteiger partial charge is 0.457 e. The van der Waals surface area contributed by atoms with Gasteiger partial charge in [0, 0.05) is 12.1 Å². The number of rotatable bonds is 9. The summed E-state index contributed by atoms with van der Waals surface area (Å²) in [6.45, 7) is -1.47. The van der Waals surface area contributed by atoms with Crippen molar-refractivity contribution in [3.63, 3.8) is 0 Å². The van der Waals surface area contributed by atoms with Crippen LogP contribution in [0.25, 0.3) is 11.3 Å². The normalized spacial score (nSPS) is 13.2. The number of ether oxygens (including phenoxy) is 1. The molecule has 2 atom stereocenters. The maximum Gasteiger partial charge on any atom is 0.416 e. The number of amides is 1. The highest BCUT2D eigenvalue weighted by atomic mass is 19.4. The SMILES string of the molecule is O=C(NCC(O)CO)c1cc(C(F)(F)F)ccc1Oc1ccc(-c2cccc([C@H](O)CO)n2)cc1. The van der Waals surface area contributed by atoms with Gasteiger partial charge in [0.05, 0.1) is 41.8 Å². The predicted octanol–water partition coefficient (Wildman–Crippen LogP) is 2.67. The highest BCUT2D eigenvalue weighted by Gasteiger charge is 2.32. The number of alkyl halides is 3. The summed E-state index contributed by atoms with van der Waals surface area (Å²) in [6, 6.07) is 13.7. The maximum absolute atomic E-state index is 13.2. The van der Waals surface area contributed by atoms with Gasteiger partial charge < -0.3 is 30.5 Å². The zero-order chi connectivity index (χ0) is 25.6. The molecule has 0 spiro atoms. The number of hydrogen-bond donors (Lipinski definition) is 5. The van der Waals surface area contributed by atoms with Gasteiger partial charge in [0.1, 0.15) is 17.6 Å². The van der Waals surface area contributed by atoms with Crippen LogP contribution in [0.5, 0.6) is 11.5 Å². The average molecular weight is 492 g/mol. The molecule has 0 aliphatic heterocycles. The molecule has 186 valence electrons. The topological polar surface area (TPSA) is 132 Å². The van der Waals surface area contributed by atoms with Crippen LogP contribution in [0, 0.1) is 0 Å². The van der Waals surface area contributed by atoms with E-state index in [-0.39, 0.29) is 23.7 Å². The Labute approximate surface area is 198 Å². The number of benzene rings is 2. The molecule has 1 amide bonds. The van der Waals surface area contributed by atoms with Crippen molar-refractivity contribution in [2.45, 2.75) is 18.4 Å². The van der Waals surface area contributed by atoms with Crippen molar-refractivity contribution in [1.29, 1.82) is 0 Å². The summed E-state index contributed by atoms with van der Waals surface area (Å²) in [5, 5.41) is 39.4. The van der Waals surface area contributed by atoms with Crippen molar-refractivity contribution < 1.29 is 43.1 Å². The van der Waals surface area contributed by atoms with Gasteiger partial charge in [-0.25, -0.2) is 4.98 Å². The van der Waals surface area contributed by atoms with Gasteiger partial charge in [-0.3, -0.25) is 4.79 Å². The van der Waals surface area contributed by atoms with E-state index in [9.17, 15) is 28.2 Å². The number of aromatic nitrogens is 1. The molecule has 35 heavy (non-hydrogen) atoms. The van der Waals surface area contributed by atoms with E-state index in [0.29, 0.717) is 17.3 Å². The molecule has 0 aliphatic rings. The van der Waals surface area contributed by atoms with Crippen molar-refractivity contribution in [3.8, 4) is 22.8 Å². The van der Waals surface area contributed by atoms with E-state index >= 15 is 0 Å². The molecule has 0 saturated carbocycles. The zero-order valence-electron chi connectivity index (χ0n) is 18.2. The summed E-state index contributed by atoms with van der Waals surface area (Å²) in [7, 11) is 0. The van der Waals surface area contributed by atoms with E-state index in [1.165, 1.54) is 12.1 Å². The Morgan fingerprint density at radius 2 is 1.71 bits per heavy atom. The molecule has 8 nitrogen and oxygen atoms in total. The third-order valence-corrected chi connectivity index (χ3v) is 4.92. The van der Waals surface area contributed by atoms with E-state index in [1.54, 1.807) is 30.3 Å². The number of nitrogens with one attached hydrogen (secondary N) is 1. The van der Waals surface area contributed by atoms with E-state index < -0.39 is 48.6 Å². The van der Waals surface area contributed by atoms with Gasteiger partial charge in [-0.05, 0) is 54.6 Å². The molecule has 1 aromatic heterocycles. The third kappa shape index (κ3) is 6.76. The number of carbonyl (C=O) groups excluding carboxylic acids is 1. The van der Waals surface area contributed by atoms with Gasteiger partial charge in [0.15, 0.2) is 0 Å². The first-order chi connectivity index (χ1) is 16.6. The Bertz CT molecular complexity index is 1150. The van der Waals surface area contributed by atoms with Crippen LogP contribution in [0.4, 0.5) is 13.2 Å².